The number of benzene rings is 2. The molecule has 1 N–H and O–H groups in total. The number of carbonyl (C=O) groups excluding carboxylic acids is 2. The Balaban J connectivity index is 1.45. The highest BCUT2D eigenvalue weighted by Gasteiger charge is 2.52. The number of fused-ring (bicyclic) bond motifs is 2. The maximum atomic E-state index is 15.1. The van der Waals surface area contributed by atoms with Crippen molar-refractivity contribution < 1.29 is 27.1 Å². The van der Waals surface area contributed by atoms with Gasteiger partial charge in [0.2, 0.25) is 10.0 Å². The number of piperidine rings is 1. The number of ether oxygens (including phenoxy) is 1. The summed E-state index contributed by atoms with van der Waals surface area (Å²) in [5.41, 5.74) is 0.826. The van der Waals surface area contributed by atoms with Crippen molar-refractivity contribution in [2.24, 2.45) is 11.8 Å². The molecule has 1 aliphatic heterocycles. The van der Waals surface area contributed by atoms with Crippen molar-refractivity contribution in [1.29, 1.82) is 5.26 Å². The van der Waals surface area contributed by atoms with Crippen LogP contribution in [0.3, 0.4) is 0 Å². The summed E-state index contributed by atoms with van der Waals surface area (Å²) in [5.74, 6) is -1.39. The first-order valence-electron chi connectivity index (χ1n) is 13.1. The Hall–Kier alpha value is -3.29. The predicted molar refractivity (Wildman–Crippen MR) is 144 cm³/mol. The summed E-state index contributed by atoms with van der Waals surface area (Å²) in [6.45, 7) is 5.35. The molecule has 2 fully saturated rings. The van der Waals surface area contributed by atoms with Crippen LogP contribution in [0.25, 0.3) is 11.1 Å². The zero-order chi connectivity index (χ0) is 28.5. The van der Waals surface area contributed by atoms with Gasteiger partial charge in [-0.1, -0.05) is 24.3 Å². The minimum atomic E-state index is -3.58. The summed E-state index contributed by atoms with van der Waals surface area (Å²) in [7, 11) is -2.25. The SMILES string of the molecule is CNS(=O)(=O)c1ccc(-c2ccc(CC(C#N)CC(=O)[C@@H]3[C@H]4CC[C@H](C4)N3C(=O)OC(C)(C)C)c(F)c2)cc1. The lowest BCUT2D eigenvalue weighted by Gasteiger charge is -2.35. The molecule has 2 aliphatic rings. The number of hydrogen-bond acceptors (Lipinski definition) is 6. The Bertz CT molecular complexity index is 1400. The second-order valence-corrected chi connectivity index (χ2v) is 13.2. The van der Waals surface area contributed by atoms with Crippen molar-refractivity contribution >= 4 is 21.9 Å². The van der Waals surface area contributed by atoms with Crippen molar-refractivity contribution in [1.82, 2.24) is 9.62 Å². The maximum absolute atomic E-state index is 15.1. The molecule has 4 atom stereocenters. The Labute approximate surface area is 229 Å². The molecule has 10 heteroatoms. The predicted octanol–water partition coefficient (Wildman–Crippen LogP) is 4.83. The number of carbonyl (C=O) groups is 2. The zero-order valence-corrected chi connectivity index (χ0v) is 23.4. The van der Waals surface area contributed by atoms with Gasteiger partial charge in [0.15, 0.2) is 5.78 Å². The normalized spacial score (nSPS) is 21.4. The summed E-state index contributed by atoms with van der Waals surface area (Å²) in [4.78, 5) is 27.9. The van der Waals surface area contributed by atoms with Crippen molar-refractivity contribution in [3.8, 4) is 17.2 Å². The van der Waals surface area contributed by atoms with E-state index in [1.807, 2.05) is 0 Å². The van der Waals surface area contributed by atoms with Gasteiger partial charge in [-0.15, -0.1) is 0 Å². The average Bonchev–Trinajstić information content (AvgIpc) is 3.50. The van der Waals surface area contributed by atoms with Crippen LogP contribution in [0.4, 0.5) is 9.18 Å². The van der Waals surface area contributed by atoms with Crippen LogP contribution in [0.15, 0.2) is 47.4 Å². The first-order chi connectivity index (χ1) is 18.3. The van der Waals surface area contributed by atoms with Gasteiger partial charge < -0.3 is 4.74 Å². The Morgan fingerprint density at radius 1 is 1.15 bits per heavy atom. The largest absolute Gasteiger partial charge is 0.444 e. The first-order valence-corrected chi connectivity index (χ1v) is 14.6. The number of sulfonamides is 1. The van der Waals surface area contributed by atoms with E-state index in [9.17, 15) is 23.3 Å². The number of nitriles is 1. The number of rotatable bonds is 8. The molecule has 2 aromatic carbocycles. The van der Waals surface area contributed by atoms with E-state index in [4.69, 9.17) is 4.74 Å². The summed E-state index contributed by atoms with van der Waals surface area (Å²) in [6, 6.07) is 12.2. The second kappa shape index (κ2) is 11.1. The molecule has 2 aromatic rings. The van der Waals surface area contributed by atoms with E-state index >= 15 is 4.39 Å². The molecule has 4 rings (SSSR count). The van der Waals surface area contributed by atoms with Crippen LogP contribution in [0.2, 0.25) is 0 Å². The van der Waals surface area contributed by atoms with E-state index < -0.39 is 39.5 Å². The number of halogens is 1. The van der Waals surface area contributed by atoms with E-state index in [-0.39, 0.29) is 35.5 Å². The van der Waals surface area contributed by atoms with Gasteiger partial charge in [-0.05, 0) is 94.3 Å². The molecule has 8 nitrogen and oxygen atoms in total. The van der Waals surface area contributed by atoms with Crippen LogP contribution < -0.4 is 4.72 Å². The molecule has 1 amide bonds. The molecule has 0 aromatic heterocycles. The third-order valence-corrected chi connectivity index (χ3v) is 8.87. The molecule has 0 spiro atoms. The standard InChI is InChI=1S/C29H34FN3O5S/c1-29(2,3)38-28(35)33-23-10-7-22(15-23)27(33)26(34)14-18(17-31)13-21-6-5-20(16-25(21)30)19-8-11-24(12-9-19)39(36,37)32-4/h5-6,8-9,11-12,16,18,22-23,27,32H,7,10,13-15H2,1-4H3/t18?,22-,23+,27-/m0/s1. The van der Waals surface area contributed by atoms with Crippen LogP contribution >= 0.6 is 0 Å². The van der Waals surface area contributed by atoms with Crippen LogP contribution in [-0.2, 0) is 26.0 Å². The number of likely N-dealkylation sites (tertiary alicyclic amines) is 1. The summed E-state index contributed by atoms with van der Waals surface area (Å²) >= 11 is 0. The highest BCUT2D eigenvalue weighted by molar-refractivity contribution is 7.89. The molecular formula is C29H34FN3O5S. The van der Waals surface area contributed by atoms with E-state index in [2.05, 4.69) is 10.8 Å². The van der Waals surface area contributed by atoms with Crippen LogP contribution in [0, 0.1) is 29.0 Å². The molecule has 0 radical (unpaired) electrons. The van der Waals surface area contributed by atoms with Gasteiger partial charge in [0, 0.05) is 12.5 Å². The van der Waals surface area contributed by atoms with Crippen LogP contribution in [0.1, 0.15) is 52.0 Å². The van der Waals surface area contributed by atoms with E-state index in [0.29, 0.717) is 16.7 Å². The number of nitrogens with one attached hydrogen (secondary N) is 1. The highest BCUT2D eigenvalue weighted by atomic mass is 32.2. The van der Waals surface area contributed by atoms with Crippen LogP contribution in [-0.4, -0.2) is 49.9 Å². The number of nitrogens with zero attached hydrogens (tertiary/aromatic N) is 2. The fourth-order valence-corrected chi connectivity index (χ4v) is 6.34. The minimum absolute atomic E-state index is 0.0308. The van der Waals surface area contributed by atoms with Crippen molar-refractivity contribution in [3.63, 3.8) is 0 Å². The third kappa shape index (κ3) is 6.31. The van der Waals surface area contributed by atoms with Gasteiger partial charge in [-0.25, -0.2) is 22.3 Å². The van der Waals surface area contributed by atoms with Crippen LogP contribution in [0.5, 0.6) is 0 Å². The van der Waals surface area contributed by atoms with Gasteiger partial charge in [0.1, 0.15) is 11.4 Å². The lowest BCUT2D eigenvalue weighted by Crippen LogP contribution is -2.51. The molecule has 1 heterocycles. The number of Topliss-reactive ketones (excluding diaryl/α,β-unsaturated/α-hetero) is 1. The van der Waals surface area contributed by atoms with E-state index in [1.165, 1.54) is 25.2 Å². The molecular weight excluding hydrogens is 521 g/mol. The molecule has 2 bridgehead atoms. The number of hydrogen-bond donors (Lipinski definition) is 1. The van der Waals surface area contributed by atoms with Gasteiger partial charge >= 0.3 is 6.09 Å². The molecule has 39 heavy (non-hydrogen) atoms. The number of ketones is 1. The molecule has 208 valence electrons. The topological polar surface area (TPSA) is 117 Å². The fraction of sp³-hybridized carbons (Fsp3) is 0.483. The molecule has 1 saturated heterocycles. The fourth-order valence-electron chi connectivity index (χ4n) is 5.61. The number of amides is 1. The summed E-state index contributed by atoms with van der Waals surface area (Å²) < 4.78 is 46.8. The van der Waals surface area contributed by atoms with E-state index in [0.717, 1.165) is 19.3 Å². The lowest BCUT2D eigenvalue weighted by atomic mass is 9.87. The van der Waals surface area contributed by atoms with Gasteiger partial charge in [-0.3, -0.25) is 9.69 Å². The molecule has 1 aliphatic carbocycles. The van der Waals surface area contributed by atoms with Gasteiger partial charge in [-0.2, -0.15) is 5.26 Å². The lowest BCUT2D eigenvalue weighted by molar-refractivity contribution is -0.126. The summed E-state index contributed by atoms with van der Waals surface area (Å²) in [5, 5.41) is 9.79. The maximum Gasteiger partial charge on any atom is 0.411 e. The Kier molecular flexibility index (Phi) is 8.14. The molecule has 1 unspecified atom stereocenters. The Morgan fingerprint density at radius 2 is 1.82 bits per heavy atom. The first kappa shape index (κ1) is 28.7. The van der Waals surface area contributed by atoms with Crippen molar-refractivity contribution in [2.45, 2.75) is 75.5 Å². The third-order valence-electron chi connectivity index (χ3n) is 7.44. The molecule has 1 saturated carbocycles. The smallest absolute Gasteiger partial charge is 0.411 e. The zero-order valence-electron chi connectivity index (χ0n) is 22.6. The van der Waals surface area contributed by atoms with Gasteiger partial charge in [0.05, 0.1) is 22.9 Å². The Morgan fingerprint density at radius 3 is 2.41 bits per heavy atom. The van der Waals surface area contributed by atoms with E-state index in [1.54, 1.807) is 49.9 Å². The summed E-state index contributed by atoms with van der Waals surface area (Å²) in [6.07, 6.45) is 1.92. The quantitative estimate of drug-likeness (QED) is 0.499. The monoisotopic (exact) mass is 555 g/mol. The highest BCUT2D eigenvalue weighted by Crippen LogP contribution is 2.44. The van der Waals surface area contributed by atoms with Gasteiger partial charge in [0.25, 0.3) is 0 Å². The second-order valence-electron chi connectivity index (χ2n) is 11.3. The average molecular weight is 556 g/mol. The van der Waals surface area contributed by atoms with Crippen molar-refractivity contribution in [2.75, 3.05) is 7.05 Å². The van der Waals surface area contributed by atoms with Crippen molar-refractivity contribution in [3.05, 3.63) is 53.8 Å². The minimum Gasteiger partial charge on any atom is -0.444 e.